The number of hydrogen-bond donors (Lipinski definition) is 2. The second-order valence-corrected chi connectivity index (χ2v) is 6.39. The number of benzene rings is 1. The predicted octanol–water partition coefficient (Wildman–Crippen LogP) is 2.69. The molecule has 0 radical (unpaired) electrons. The molecule has 3 rings (SSSR count). The van der Waals surface area contributed by atoms with Crippen LogP contribution in [0.25, 0.3) is 0 Å². The lowest BCUT2D eigenvalue weighted by Crippen LogP contribution is -2.48. The standard InChI is InChI=1S/C18H22N2O2/c1-13-5-4-6-14(11-13)17(22)19-12-18-9-3-2-7-15(18)20-16(21)8-10-18/h4-7,11H,2-3,8-10,12H2,1H3,(H,19,22)(H,20,21)/t18-/m0/s1. The average Bonchev–Trinajstić information content (AvgIpc) is 2.53. The van der Waals surface area contributed by atoms with Gasteiger partial charge >= 0.3 is 0 Å². The van der Waals surface area contributed by atoms with Gasteiger partial charge in [0.05, 0.1) is 0 Å². The third-order valence-corrected chi connectivity index (χ3v) is 4.75. The van der Waals surface area contributed by atoms with E-state index in [4.69, 9.17) is 0 Å². The molecule has 0 unspecified atom stereocenters. The summed E-state index contributed by atoms with van der Waals surface area (Å²) in [6.45, 7) is 2.57. The number of rotatable bonds is 3. The first-order chi connectivity index (χ1) is 10.6. The number of carbonyl (C=O) groups is 2. The van der Waals surface area contributed by atoms with Gasteiger partial charge in [-0.3, -0.25) is 9.59 Å². The Labute approximate surface area is 131 Å². The molecule has 2 N–H and O–H groups in total. The van der Waals surface area contributed by atoms with Gasteiger partial charge in [0, 0.05) is 29.6 Å². The summed E-state index contributed by atoms with van der Waals surface area (Å²) in [7, 11) is 0. The van der Waals surface area contributed by atoms with Crippen molar-refractivity contribution in [1.29, 1.82) is 0 Å². The van der Waals surface area contributed by atoms with E-state index in [0.29, 0.717) is 18.5 Å². The molecule has 0 aromatic heterocycles. The largest absolute Gasteiger partial charge is 0.351 e. The summed E-state index contributed by atoms with van der Waals surface area (Å²) in [5, 5.41) is 6.07. The highest BCUT2D eigenvalue weighted by atomic mass is 16.2. The van der Waals surface area contributed by atoms with Crippen LogP contribution in [-0.2, 0) is 4.79 Å². The van der Waals surface area contributed by atoms with Crippen molar-refractivity contribution in [2.24, 2.45) is 5.41 Å². The van der Waals surface area contributed by atoms with Gasteiger partial charge in [-0.1, -0.05) is 23.8 Å². The van der Waals surface area contributed by atoms with E-state index in [1.165, 1.54) is 0 Å². The summed E-state index contributed by atoms with van der Waals surface area (Å²) < 4.78 is 0. The summed E-state index contributed by atoms with van der Waals surface area (Å²) >= 11 is 0. The van der Waals surface area contributed by atoms with E-state index in [1.807, 2.05) is 31.2 Å². The van der Waals surface area contributed by atoms with Crippen LogP contribution in [0, 0.1) is 12.3 Å². The van der Waals surface area contributed by atoms with Crippen molar-refractivity contribution >= 4 is 11.8 Å². The number of piperidine rings is 1. The zero-order valence-electron chi connectivity index (χ0n) is 12.9. The molecule has 1 fully saturated rings. The quantitative estimate of drug-likeness (QED) is 0.901. The third-order valence-electron chi connectivity index (χ3n) is 4.75. The maximum Gasteiger partial charge on any atom is 0.251 e. The molecule has 1 aromatic carbocycles. The summed E-state index contributed by atoms with van der Waals surface area (Å²) in [5.74, 6) is 0.0497. The Morgan fingerprint density at radius 2 is 2.23 bits per heavy atom. The van der Waals surface area contributed by atoms with Gasteiger partial charge in [0.2, 0.25) is 5.91 Å². The van der Waals surface area contributed by atoms with Gasteiger partial charge in [-0.15, -0.1) is 0 Å². The first-order valence-corrected chi connectivity index (χ1v) is 7.94. The minimum Gasteiger partial charge on any atom is -0.351 e. The van der Waals surface area contributed by atoms with Crippen LogP contribution in [0.4, 0.5) is 0 Å². The predicted molar refractivity (Wildman–Crippen MR) is 85.3 cm³/mol. The van der Waals surface area contributed by atoms with Gasteiger partial charge in [-0.2, -0.15) is 0 Å². The van der Waals surface area contributed by atoms with Crippen LogP contribution in [0.1, 0.15) is 48.0 Å². The Kier molecular flexibility index (Phi) is 4.01. The van der Waals surface area contributed by atoms with Gasteiger partial charge in [-0.25, -0.2) is 0 Å². The van der Waals surface area contributed by atoms with Crippen LogP contribution in [0.15, 0.2) is 36.0 Å². The Hall–Kier alpha value is -2.10. The maximum atomic E-state index is 12.4. The Bertz CT molecular complexity index is 636. The fourth-order valence-electron chi connectivity index (χ4n) is 3.46. The average molecular weight is 298 g/mol. The topological polar surface area (TPSA) is 58.2 Å². The lowest BCUT2D eigenvalue weighted by Gasteiger charge is -2.42. The molecular formula is C18H22N2O2. The third kappa shape index (κ3) is 2.91. The van der Waals surface area contributed by atoms with E-state index in [1.54, 1.807) is 0 Å². The molecule has 4 heteroatoms. The highest BCUT2D eigenvalue weighted by molar-refractivity contribution is 5.94. The molecule has 1 aromatic rings. The zero-order valence-corrected chi connectivity index (χ0v) is 12.9. The van der Waals surface area contributed by atoms with Gasteiger partial charge in [0.25, 0.3) is 5.91 Å². The van der Waals surface area contributed by atoms with Crippen molar-refractivity contribution in [3.8, 4) is 0 Å². The molecule has 0 saturated carbocycles. The molecule has 1 saturated heterocycles. The SMILES string of the molecule is Cc1cccc(C(=O)NC[C@@]23CCCC=C2NC(=O)CC3)c1. The summed E-state index contributed by atoms with van der Waals surface area (Å²) in [6, 6.07) is 7.61. The maximum absolute atomic E-state index is 12.4. The van der Waals surface area contributed by atoms with Gasteiger partial charge in [0.1, 0.15) is 0 Å². The molecule has 0 spiro atoms. The van der Waals surface area contributed by atoms with Crippen molar-refractivity contribution in [3.63, 3.8) is 0 Å². The van der Waals surface area contributed by atoms with Crippen LogP contribution < -0.4 is 10.6 Å². The minimum atomic E-state index is -0.0916. The van der Waals surface area contributed by atoms with Crippen molar-refractivity contribution < 1.29 is 9.59 Å². The molecule has 1 aliphatic heterocycles. The summed E-state index contributed by atoms with van der Waals surface area (Å²) in [4.78, 5) is 24.0. The number of allylic oxidation sites excluding steroid dienone is 1. The lowest BCUT2D eigenvalue weighted by atomic mass is 9.70. The Morgan fingerprint density at radius 3 is 3.05 bits per heavy atom. The molecule has 1 aliphatic carbocycles. The van der Waals surface area contributed by atoms with Crippen LogP contribution >= 0.6 is 0 Å². The van der Waals surface area contributed by atoms with Crippen LogP contribution in [0.5, 0.6) is 0 Å². The van der Waals surface area contributed by atoms with E-state index < -0.39 is 0 Å². The molecule has 1 atom stereocenters. The number of amides is 2. The van der Waals surface area contributed by atoms with Gasteiger partial charge < -0.3 is 10.6 Å². The Balaban J connectivity index is 1.71. The number of aryl methyl sites for hydroxylation is 1. The summed E-state index contributed by atoms with van der Waals surface area (Å²) in [6.07, 6.45) is 6.62. The van der Waals surface area contributed by atoms with Gasteiger partial charge in [0.15, 0.2) is 0 Å². The Morgan fingerprint density at radius 1 is 1.36 bits per heavy atom. The van der Waals surface area contributed by atoms with Crippen molar-refractivity contribution in [2.45, 2.75) is 39.0 Å². The highest BCUT2D eigenvalue weighted by Gasteiger charge is 2.40. The molecular weight excluding hydrogens is 276 g/mol. The molecule has 4 nitrogen and oxygen atoms in total. The number of carbonyl (C=O) groups excluding carboxylic acids is 2. The molecule has 0 bridgehead atoms. The first-order valence-electron chi connectivity index (χ1n) is 7.94. The van der Waals surface area contributed by atoms with Gasteiger partial charge in [-0.05, 0) is 44.7 Å². The normalized spacial score (nSPS) is 24.0. The second-order valence-electron chi connectivity index (χ2n) is 6.39. The number of hydrogen-bond acceptors (Lipinski definition) is 2. The smallest absolute Gasteiger partial charge is 0.251 e. The minimum absolute atomic E-state index is 0.0418. The fraction of sp³-hybridized carbons (Fsp3) is 0.444. The fourth-order valence-corrected chi connectivity index (χ4v) is 3.46. The van der Waals surface area contributed by atoms with E-state index in [0.717, 1.165) is 36.9 Å². The first kappa shape index (κ1) is 14.8. The summed E-state index contributed by atoms with van der Waals surface area (Å²) in [5.41, 5.74) is 2.69. The van der Waals surface area contributed by atoms with Crippen LogP contribution in [0.3, 0.4) is 0 Å². The van der Waals surface area contributed by atoms with Crippen LogP contribution in [0.2, 0.25) is 0 Å². The molecule has 2 aliphatic rings. The highest BCUT2D eigenvalue weighted by Crippen LogP contribution is 2.42. The van der Waals surface area contributed by atoms with E-state index in [2.05, 4.69) is 16.7 Å². The van der Waals surface area contributed by atoms with E-state index in [-0.39, 0.29) is 17.2 Å². The molecule has 1 heterocycles. The number of fused-ring (bicyclic) bond motifs is 1. The van der Waals surface area contributed by atoms with Crippen molar-refractivity contribution in [2.75, 3.05) is 6.54 Å². The second kappa shape index (κ2) is 5.95. The molecule has 116 valence electrons. The van der Waals surface area contributed by atoms with Crippen molar-refractivity contribution in [3.05, 3.63) is 47.2 Å². The molecule has 2 amide bonds. The van der Waals surface area contributed by atoms with E-state index >= 15 is 0 Å². The van der Waals surface area contributed by atoms with Crippen molar-refractivity contribution in [1.82, 2.24) is 10.6 Å². The monoisotopic (exact) mass is 298 g/mol. The van der Waals surface area contributed by atoms with Crippen LogP contribution in [-0.4, -0.2) is 18.4 Å². The van der Waals surface area contributed by atoms with E-state index in [9.17, 15) is 9.59 Å². The number of nitrogens with one attached hydrogen (secondary N) is 2. The zero-order chi connectivity index (χ0) is 15.6. The molecule has 22 heavy (non-hydrogen) atoms. The lowest BCUT2D eigenvalue weighted by molar-refractivity contribution is -0.122.